The molecule has 144 valence electrons. The molecule has 8 nitrogen and oxygen atoms in total. The van der Waals surface area contributed by atoms with Crippen LogP contribution in [0.1, 0.15) is 27.2 Å². The zero-order valence-corrected chi connectivity index (χ0v) is 15.5. The highest BCUT2D eigenvalue weighted by Crippen LogP contribution is 2.17. The number of benzene rings is 2. The average molecular weight is 387 g/mol. The SMILES string of the molecule is COc1ccc(-n2nc(C(=O)NN)c(C=Cc3ccccc3)c(C#N)c2=O)cc1. The molecular weight excluding hydrogens is 370 g/mol. The van der Waals surface area contributed by atoms with E-state index in [-0.39, 0.29) is 16.8 Å². The predicted octanol–water partition coefficient (Wildman–Crippen LogP) is 1.89. The number of hydrazine groups is 1. The molecule has 29 heavy (non-hydrogen) atoms. The maximum absolute atomic E-state index is 12.9. The van der Waals surface area contributed by atoms with Crippen LogP contribution in [0.2, 0.25) is 0 Å². The monoisotopic (exact) mass is 387 g/mol. The summed E-state index contributed by atoms with van der Waals surface area (Å²) >= 11 is 0. The highest BCUT2D eigenvalue weighted by Gasteiger charge is 2.21. The zero-order valence-electron chi connectivity index (χ0n) is 15.5. The van der Waals surface area contributed by atoms with Crippen LogP contribution in [0.25, 0.3) is 17.8 Å². The van der Waals surface area contributed by atoms with E-state index < -0.39 is 11.5 Å². The minimum Gasteiger partial charge on any atom is -0.497 e. The summed E-state index contributed by atoms with van der Waals surface area (Å²) in [4.78, 5) is 25.2. The van der Waals surface area contributed by atoms with Gasteiger partial charge in [0.25, 0.3) is 11.5 Å². The molecule has 0 aliphatic carbocycles. The second-order valence-electron chi connectivity index (χ2n) is 5.88. The van der Waals surface area contributed by atoms with Crippen LogP contribution in [0.15, 0.2) is 59.4 Å². The molecule has 0 unspecified atom stereocenters. The molecule has 0 atom stereocenters. The van der Waals surface area contributed by atoms with Crippen LogP contribution in [0.3, 0.4) is 0 Å². The molecule has 1 heterocycles. The number of ether oxygens (including phenoxy) is 1. The summed E-state index contributed by atoms with van der Waals surface area (Å²) in [5.74, 6) is 5.15. The van der Waals surface area contributed by atoms with Crippen LogP contribution < -0.4 is 21.6 Å². The van der Waals surface area contributed by atoms with Crippen molar-refractivity contribution in [3.8, 4) is 17.5 Å². The Bertz CT molecular complexity index is 1160. The molecule has 0 bridgehead atoms. The molecule has 2 aromatic carbocycles. The summed E-state index contributed by atoms with van der Waals surface area (Å²) in [5.41, 5.74) is 2.28. The van der Waals surface area contributed by atoms with Gasteiger partial charge in [0.2, 0.25) is 0 Å². The summed E-state index contributed by atoms with van der Waals surface area (Å²) in [6, 6.07) is 17.6. The smallest absolute Gasteiger partial charge is 0.290 e. The Balaban J connectivity index is 2.21. The van der Waals surface area contributed by atoms with Gasteiger partial charge >= 0.3 is 0 Å². The van der Waals surface area contributed by atoms with E-state index in [0.717, 1.165) is 10.2 Å². The number of hydrogen-bond acceptors (Lipinski definition) is 6. The standard InChI is InChI=1S/C21H17N5O3/c1-29-16-10-8-15(9-11-16)26-21(28)18(13-22)17(19(25-26)20(27)24-23)12-7-14-5-3-2-4-6-14/h2-12H,23H2,1H3,(H,24,27). The van der Waals surface area contributed by atoms with Crippen molar-refractivity contribution in [3.63, 3.8) is 0 Å². The minimum atomic E-state index is -0.725. The topological polar surface area (TPSA) is 123 Å². The third-order valence-electron chi connectivity index (χ3n) is 4.15. The lowest BCUT2D eigenvalue weighted by Gasteiger charge is -2.11. The molecule has 3 rings (SSSR count). The highest BCUT2D eigenvalue weighted by atomic mass is 16.5. The van der Waals surface area contributed by atoms with Crippen molar-refractivity contribution in [3.05, 3.63) is 87.3 Å². The number of hydrogen-bond donors (Lipinski definition) is 2. The first-order valence-corrected chi connectivity index (χ1v) is 8.55. The van der Waals surface area contributed by atoms with E-state index >= 15 is 0 Å². The number of nitrogens with two attached hydrogens (primary N) is 1. The Kier molecular flexibility index (Phi) is 5.83. The minimum absolute atomic E-state index is 0.0917. The molecule has 3 N–H and O–H groups in total. The van der Waals surface area contributed by atoms with Gasteiger partial charge in [0.05, 0.1) is 12.8 Å². The van der Waals surface area contributed by atoms with Crippen molar-refractivity contribution in [1.82, 2.24) is 15.2 Å². The number of nitrogen functional groups attached to an aromatic ring is 1. The fourth-order valence-corrected chi connectivity index (χ4v) is 2.69. The van der Waals surface area contributed by atoms with Gasteiger partial charge in [-0.2, -0.15) is 15.0 Å². The Hall–Kier alpha value is -4.22. The molecular formula is C21H17N5O3. The number of nitriles is 1. The van der Waals surface area contributed by atoms with Gasteiger partial charge in [0, 0.05) is 5.56 Å². The van der Waals surface area contributed by atoms with Crippen LogP contribution in [-0.4, -0.2) is 22.8 Å². The maximum atomic E-state index is 12.9. The van der Waals surface area contributed by atoms with Gasteiger partial charge < -0.3 is 4.74 Å². The normalized spacial score (nSPS) is 10.5. The van der Waals surface area contributed by atoms with Crippen molar-refractivity contribution < 1.29 is 9.53 Å². The van der Waals surface area contributed by atoms with E-state index in [1.165, 1.54) is 13.2 Å². The van der Waals surface area contributed by atoms with Crippen LogP contribution >= 0.6 is 0 Å². The van der Waals surface area contributed by atoms with E-state index in [9.17, 15) is 14.9 Å². The summed E-state index contributed by atoms with van der Waals surface area (Å²) < 4.78 is 6.09. The van der Waals surface area contributed by atoms with Crippen molar-refractivity contribution >= 4 is 18.1 Å². The number of rotatable bonds is 5. The predicted molar refractivity (Wildman–Crippen MR) is 108 cm³/mol. The molecule has 0 fully saturated rings. The fraction of sp³-hybridized carbons (Fsp3) is 0.0476. The number of nitrogens with zero attached hydrogens (tertiary/aromatic N) is 3. The molecule has 0 aliphatic heterocycles. The van der Waals surface area contributed by atoms with E-state index in [1.54, 1.807) is 30.3 Å². The second-order valence-corrected chi connectivity index (χ2v) is 5.88. The van der Waals surface area contributed by atoms with Crippen LogP contribution in [0.4, 0.5) is 0 Å². The molecule has 0 saturated heterocycles. The molecule has 0 saturated carbocycles. The van der Waals surface area contributed by atoms with Crippen LogP contribution in [-0.2, 0) is 0 Å². The number of aromatic nitrogens is 2. The lowest BCUT2D eigenvalue weighted by atomic mass is 10.1. The highest BCUT2D eigenvalue weighted by molar-refractivity contribution is 5.97. The van der Waals surface area contributed by atoms with E-state index in [0.29, 0.717) is 11.4 Å². The van der Waals surface area contributed by atoms with Gasteiger partial charge in [-0.15, -0.1) is 0 Å². The molecule has 0 aliphatic rings. The second kappa shape index (κ2) is 8.65. The number of carbonyl (C=O) groups excluding carboxylic acids is 1. The van der Waals surface area contributed by atoms with Gasteiger partial charge in [-0.05, 0) is 29.8 Å². The first-order valence-electron chi connectivity index (χ1n) is 8.55. The van der Waals surface area contributed by atoms with E-state index in [2.05, 4.69) is 5.10 Å². The molecule has 0 spiro atoms. The molecule has 3 aromatic rings. The summed E-state index contributed by atoms with van der Waals surface area (Å²) in [5, 5.41) is 13.8. The lowest BCUT2D eigenvalue weighted by Crippen LogP contribution is -2.35. The number of carbonyl (C=O) groups is 1. The molecule has 1 amide bonds. The third kappa shape index (κ3) is 4.05. The first-order chi connectivity index (χ1) is 14.1. The molecule has 0 radical (unpaired) electrons. The van der Waals surface area contributed by atoms with Crippen LogP contribution in [0, 0.1) is 11.3 Å². The quantitative estimate of drug-likeness (QED) is 0.391. The maximum Gasteiger partial charge on any atom is 0.290 e. The van der Waals surface area contributed by atoms with Crippen molar-refractivity contribution in [1.29, 1.82) is 5.26 Å². The summed E-state index contributed by atoms with van der Waals surface area (Å²) in [7, 11) is 1.52. The Morgan fingerprint density at radius 2 is 1.86 bits per heavy atom. The van der Waals surface area contributed by atoms with Crippen molar-refractivity contribution in [2.45, 2.75) is 0 Å². The van der Waals surface area contributed by atoms with Gasteiger partial charge in [0.1, 0.15) is 17.4 Å². The zero-order chi connectivity index (χ0) is 20.8. The first kappa shape index (κ1) is 19.5. The van der Waals surface area contributed by atoms with E-state index in [4.69, 9.17) is 10.6 Å². The summed E-state index contributed by atoms with van der Waals surface area (Å²) in [6.45, 7) is 0. The van der Waals surface area contributed by atoms with E-state index in [1.807, 2.05) is 41.8 Å². The van der Waals surface area contributed by atoms with Crippen molar-refractivity contribution in [2.75, 3.05) is 7.11 Å². The average Bonchev–Trinajstić information content (AvgIpc) is 2.78. The van der Waals surface area contributed by atoms with Gasteiger partial charge in [-0.1, -0.05) is 42.5 Å². The Morgan fingerprint density at radius 3 is 2.45 bits per heavy atom. The van der Waals surface area contributed by atoms with Gasteiger partial charge in [0.15, 0.2) is 5.69 Å². The third-order valence-corrected chi connectivity index (χ3v) is 4.15. The van der Waals surface area contributed by atoms with Crippen molar-refractivity contribution in [2.24, 2.45) is 5.84 Å². The molecule has 8 heteroatoms. The molecule has 1 aromatic heterocycles. The van der Waals surface area contributed by atoms with Gasteiger partial charge in [-0.3, -0.25) is 15.0 Å². The number of nitrogens with one attached hydrogen (secondary N) is 1. The van der Waals surface area contributed by atoms with Crippen LogP contribution in [0.5, 0.6) is 5.75 Å². The largest absolute Gasteiger partial charge is 0.497 e. The van der Waals surface area contributed by atoms with Gasteiger partial charge in [-0.25, -0.2) is 5.84 Å². The Labute approximate surface area is 166 Å². The number of methoxy groups -OCH3 is 1. The summed E-state index contributed by atoms with van der Waals surface area (Å²) in [6.07, 6.45) is 3.19. The lowest BCUT2D eigenvalue weighted by molar-refractivity contribution is 0.0946. The Morgan fingerprint density at radius 1 is 1.17 bits per heavy atom. The fourth-order valence-electron chi connectivity index (χ4n) is 2.69. The number of amides is 1.